The molecule has 0 saturated carbocycles. The lowest BCUT2D eigenvalue weighted by Crippen LogP contribution is -2.01. The number of hydrogen-bond donors (Lipinski definition) is 1. The highest BCUT2D eigenvalue weighted by molar-refractivity contribution is 7.13. The SMILES string of the molecule is O=C(O)c1ccnc(-c2cccs2)n1. The molecule has 4 nitrogen and oxygen atoms in total. The molecule has 0 saturated heterocycles. The quantitative estimate of drug-likeness (QED) is 0.815. The summed E-state index contributed by atoms with van der Waals surface area (Å²) in [6, 6.07) is 5.10. The highest BCUT2D eigenvalue weighted by atomic mass is 32.1. The van der Waals surface area contributed by atoms with Crippen molar-refractivity contribution in [2.24, 2.45) is 0 Å². The number of aromatic carboxylic acids is 1. The molecule has 2 rings (SSSR count). The van der Waals surface area contributed by atoms with Crippen LogP contribution in [-0.2, 0) is 0 Å². The van der Waals surface area contributed by atoms with Gasteiger partial charge in [0.25, 0.3) is 0 Å². The smallest absolute Gasteiger partial charge is 0.354 e. The van der Waals surface area contributed by atoms with Gasteiger partial charge in [0.05, 0.1) is 4.88 Å². The molecule has 70 valence electrons. The summed E-state index contributed by atoms with van der Waals surface area (Å²) in [7, 11) is 0. The summed E-state index contributed by atoms with van der Waals surface area (Å²) >= 11 is 1.48. The number of hydrogen-bond acceptors (Lipinski definition) is 4. The molecule has 0 amide bonds. The number of aromatic nitrogens is 2. The molecule has 2 aromatic heterocycles. The lowest BCUT2D eigenvalue weighted by atomic mass is 10.4. The van der Waals surface area contributed by atoms with E-state index in [9.17, 15) is 4.79 Å². The molecule has 1 N–H and O–H groups in total. The van der Waals surface area contributed by atoms with E-state index >= 15 is 0 Å². The Kier molecular flexibility index (Phi) is 2.24. The van der Waals surface area contributed by atoms with E-state index in [1.54, 1.807) is 0 Å². The summed E-state index contributed by atoms with van der Waals surface area (Å²) in [6.07, 6.45) is 1.45. The molecule has 0 fully saturated rings. The van der Waals surface area contributed by atoms with Crippen molar-refractivity contribution in [1.29, 1.82) is 0 Å². The van der Waals surface area contributed by atoms with E-state index < -0.39 is 5.97 Å². The van der Waals surface area contributed by atoms with Crippen LogP contribution in [-0.4, -0.2) is 21.0 Å². The van der Waals surface area contributed by atoms with E-state index in [0.29, 0.717) is 5.82 Å². The van der Waals surface area contributed by atoms with Crippen LogP contribution in [0.3, 0.4) is 0 Å². The van der Waals surface area contributed by atoms with Crippen LogP contribution >= 0.6 is 11.3 Å². The molecule has 0 spiro atoms. The van der Waals surface area contributed by atoms with Gasteiger partial charge in [0, 0.05) is 6.20 Å². The van der Waals surface area contributed by atoms with E-state index in [1.165, 1.54) is 23.6 Å². The van der Waals surface area contributed by atoms with Crippen molar-refractivity contribution in [2.75, 3.05) is 0 Å². The zero-order valence-corrected chi connectivity index (χ0v) is 7.86. The molecule has 0 atom stereocenters. The second-order valence-electron chi connectivity index (χ2n) is 2.55. The lowest BCUT2D eigenvalue weighted by Gasteiger charge is -1.96. The van der Waals surface area contributed by atoms with Gasteiger partial charge in [-0.3, -0.25) is 0 Å². The maximum Gasteiger partial charge on any atom is 0.354 e. The van der Waals surface area contributed by atoms with E-state index in [2.05, 4.69) is 9.97 Å². The monoisotopic (exact) mass is 206 g/mol. The van der Waals surface area contributed by atoms with Crippen LogP contribution in [0.2, 0.25) is 0 Å². The van der Waals surface area contributed by atoms with Gasteiger partial charge < -0.3 is 5.11 Å². The zero-order chi connectivity index (χ0) is 9.97. The first kappa shape index (κ1) is 8.83. The fourth-order valence-electron chi connectivity index (χ4n) is 1.00. The fraction of sp³-hybridized carbons (Fsp3) is 0. The third kappa shape index (κ3) is 1.62. The largest absolute Gasteiger partial charge is 0.477 e. The number of carboxylic acids is 1. The first-order chi connectivity index (χ1) is 6.77. The molecule has 0 aromatic carbocycles. The first-order valence-corrected chi connectivity index (χ1v) is 4.75. The van der Waals surface area contributed by atoms with Gasteiger partial charge in [-0.05, 0) is 17.5 Å². The predicted octanol–water partition coefficient (Wildman–Crippen LogP) is 1.90. The second kappa shape index (κ2) is 3.55. The van der Waals surface area contributed by atoms with E-state index in [0.717, 1.165) is 4.88 Å². The van der Waals surface area contributed by atoms with Crippen LogP contribution in [0.15, 0.2) is 29.8 Å². The van der Waals surface area contributed by atoms with Crippen LogP contribution < -0.4 is 0 Å². The molecule has 0 aliphatic heterocycles. The molecule has 0 unspecified atom stereocenters. The minimum atomic E-state index is -1.04. The molecule has 5 heteroatoms. The fourth-order valence-corrected chi connectivity index (χ4v) is 1.67. The summed E-state index contributed by atoms with van der Waals surface area (Å²) in [4.78, 5) is 19.4. The van der Waals surface area contributed by atoms with Crippen LogP contribution in [0, 0.1) is 0 Å². The third-order valence-corrected chi connectivity index (χ3v) is 2.48. The van der Waals surface area contributed by atoms with Crippen molar-refractivity contribution in [1.82, 2.24) is 9.97 Å². The highest BCUT2D eigenvalue weighted by Crippen LogP contribution is 2.20. The Morgan fingerprint density at radius 3 is 2.93 bits per heavy atom. The minimum absolute atomic E-state index is 0.0170. The number of thiophene rings is 1. The van der Waals surface area contributed by atoms with Gasteiger partial charge in [-0.2, -0.15) is 0 Å². The van der Waals surface area contributed by atoms with Crippen LogP contribution in [0.25, 0.3) is 10.7 Å². The van der Waals surface area contributed by atoms with Gasteiger partial charge >= 0.3 is 5.97 Å². The predicted molar refractivity (Wildman–Crippen MR) is 52.3 cm³/mol. The molecule has 0 aliphatic carbocycles. The van der Waals surface area contributed by atoms with Crippen LogP contribution in [0.5, 0.6) is 0 Å². The summed E-state index contributed by atoms with van der Waals surface area (Å²) in [5.74, 6) is -0.579. The molecule has 14 heavy (non-hydrogen) atoms. The lowest BCUT2D eigenvalue weighted by molar-refractivity contribution is 0.0690. The van der Waals surface area contributed by atoms with E-state index in [-0.39, 0.29) is 5.69 Å². The Bertz CT molecular complexity index is 454. The average Bonchev–Trinajstić information content (AvgIpc) is 2.71. The topological polar surface area (TPSA) is 63.1 Å². The summed E-state index contributed by atoms with van der Waals surface area (Å²) in [5, 5.41) is 10.6. The minimum Gasteiger partial charge on any atom is -0.477 e. The molecule has 0 bridgehead atoms. The van der Waals surface area contributed by atoms with Crippen molar-refractivity contribution >= 4 is 17.3 Å². The van der Waals surface area contributed by atoms with Crippen molar-refractivity contribution in [3.05, 3.63) is 35.5 Å². The standard InChI is InChI=1S/C9H6N2O2S/c12-9(13)6-3-4-10-8(11-6)7-2-1-5-14-7/h1-5H,(H,12,13). The molecule has 2 heterocycles. The number of rotatable bonds is 2. The van der Waals surface area contributed by atoms with E-state index in [1.807, 2.05) is 17.5 Å². The van der Waals surface area contributed by atoms with Crippen molar-refractivity contribution in [3.8, 4) is 10.7 Å². The first-order valence-electron chi connectivity index (χ1n) is 3.87. The molecular formula is C9H6N2O2S. The van der Waals surface area contributed by atoms with Gasteiger partial charge in [-0.25, -0.2) is 14.8 Å². The molecular weight excluding hydrogens is 200 g/mol. The molecule has 0 aliphatic rings. The summed E-state index contributed by atoms with van der Waals surface area (Å²) in [6.45, 7) is 0. The van der Waals surface area contributed by atoms with Crippen molar-refractivity contribution < 1.29 is 9.90 Å². The Morgan fingerprint density at radius 1 is 1.43 bits per heavy atom. The third-order valence-electron chi connectivity index (χ3n) is 1.62. The van der Waals surface area contributed by atoms with Crippen LogP contribution in [0.1, 0.15) is 10.5 Å². The Morgan fingerprint density at radius 2 is 2.29 bits per heavy atom. The Balaban J connectivity index is 2.46. The normalized spacial score (nSPS) is 10.0. The van der Waals surface area contributed by atoms with Gasteiger partial charge in [0.15, 0.2) is 11.5 Å². The van der Waals surface area contributed by atoms with Crippen molar-refractivity contribution in [3.63, 3.8) is 0 Å². The van der Waals surface area contributed by atoms with Crippen molar-refractivity contribution in [2.45, 2.75) is 0 Å². The number of carbonyl (C=O) groups is 1. The Hall–Kier alpha value is -1.75. The Labute approximate surface area is 83.9 Å². The molecule has 2 aromatic rings. The van der Waals surface area contributed by atoms with Gasteiger partial charge in [-0.15, -0.1) is 11.3 Å². The van der Waals surface area contributed by atoms with Gasteiger partial charge in [0.2, 0.25) is 0 Å². The zero-order valence-electron chi connectivity index (χ0n) is 7.04. The number of nitrogens with zero attached hydrogens (tertiary/aromatic N) is 2. The van der Waals surface area contributed by atoms with Crippen LogP contribution in [0.4, 0.5) is 0 Å². The summed E-state index contributed by atoms with van der Waals surface area (Å²) < 4.78 is 0. The average molecular weight is 206 g/mol. The molecule has 0 radical (unpaired) electrons. The maximum atomic E-state index is 10.6. The highest BCUT2D eigenvalue weighted by Gasteiger charge is 2.07. The maximum absolute atomic E-state index is 10.6. The van der Waals surface area contributed by atoms with E-state index in [4.69, 9.17) is 5.11 Å². The number of carboxylic acid groups (broad SMARTS) is 1. The van der Waals surface area contributed by atoms with Gasteiger partial charge in [0.1, 0.15) is 0 Å². The second-order valence-corrected chi connectivity index (χ2v) is 3.50. The summed E-state index contributed by atoms with van der Waals surface area (Å²) in [5.41, 5.74) is 0.0170. The van der Waals surface area contributed by atoms with Gasteiger partial charge in [-0.1, -0.05) is 6.07 Å².